The summed E-state index contributed by atoms with van der Waals surface area (Å²) < 4.78 is 30.3. The maximum atomic E-state index is 12.2. The number of halogens is 2. The Balaban J connectivity index is 2.10. The highest BCUT2D eigenvalue weighted by Gasteiger charge is 2.22. The van der Waals surface area contributed by atoms with Crippen molar-refractivity contribution in [3.8, 4) is 0 Å². The van der Waals surface area contributed by atoms with Crippen LogP contribution in [-0.4, -0.2) is 45.3 Å². The number of benzene rings is 2. The molecule has 1 amide bonds. The second-order valence-electron chi connectivity index (χ2n) is 5.53. The van der Waals surface area contributed by atoms with Gasteiger partial charge in [-0.1, -0.05) is 35.3 Å². The summed E-state index contributed by atoms with van der Waals surface area (Å²) in [6, 6.07) is 10.2. The highest BCUT2D eigenvalue weighted by atomic mass is 35.5. The first-order valence-corrected chi connectivity index (χ1v) is 9.76. The number of para-hydroxylation sites is 1. The third-order valence-electron chi connectivity index (χ3n) is 3.42. The number of amides is 1. The van der Waals surface area contributed by atoms with Gasteiger partial charge < -0.3 is 10.1 Å². The van der Waals surface area contributed by atoms with Gasteiger partial charge in [-0.05, 0) is 30.3 Å². The summed E-state index contributed by atoms with van der Waals surface area (Å²) in [7, 11) is -1.03. The van der Waals surface area contributed by atoms with Crippen molar-refractivity contribution in [3.63, 3.8) is 0 Å². The smallest absolute Gasteiger partial charge is 0.340 e. The highest BCUT2D eigenvalue weighted by molar-refractivity contribution is 7.89. The van der Waals surface area contributed by atoms with Crippen LogP contribution in [0.3, 0.4) is 0 Å². The summed E-state index contributed by atoms with van der Waals surface area (Å²) in [6.07, 6.45) is 0. The van der Waals surface area contributed by atoms with Gasteiger partial charge in [-0.3, -0.25) is 4.79 Å². The SMILES string of the molecule is CN(C)S(=O)(=O)c1ccc(Cl)c(C(=O)OCC(=O)Nc2ccccc2Cl)c1. The third kappa shape index (κ3) is 5.20. The molecule has 0 unspecified atom stereocenters. The average molecular weight is 431 g/mol. The van der Waals surface area contributed by atoms with E-state index < -0.39 is 28.5 Å². The molecule has 0 heterocycles. The summed E-state index contributed by atoms with van der Waals surface area (Å²) in [4.78, 5) is 24.0. The molecular weight excluding hydrogens is 415 g/mol. The first kappa shape index (κ1) is 21.2. The molecule has 0 bridgehead atoms. The van der Waals surface area contributed by atoms with Crippen molar-refractivity contribution in [1.29, 1.82) is 0 Å². The molecule has 27 heavy (non-hydrogen) atoms. The molecule has 10 heteroatoms. The van der Waals surface area contributed by atoms with Crippen molar-refractivity contribution >= 4 is 50.8 Å². The van der Waals surface area contributed by atoms with Crippen LogP contribution in [0.25, 0.3) is 0 Å². The number of nitrogens with zero attached hydrogens (tertiary/aromatic N) is 1. The van der Waals surface area contributed by atoms with Crippen molar-refractivity contribution in [2.45, 2.75) is 4.90 Å². The van der Waals surface area contributed by atoms with Gasteiger partial charge in [-0.2, -0.15) is 0 Å². The molecule has 0 aromatic heterocycles. The van der Waals surface area contributed by atoms with Gasteiger partial charge in [0.15, 0.2) is 6.61 Å². The number of carbonyl (C=O) groups is 2. The summed E-state index contributed by atoms with van der Waals surface area (Å²) in [5.41, 5.74) is 0.211. The van der Waals surface area contributed by atoms with E-state index in [4.69, 9.17) is 27.9 Å². The van der Waals surface area contributed by atoms with Crippen LogP contribution in [0.4, 0.5) is 5.69 Å². The molecule has 0 saturated heterocycles. The van der Waals surface area contributed by atoms with Gasteiger partial charge >= 0.3 is 5.97 Å². The topological polar surface area (TPSA) is 92.8 Å². The first-order chi connectivity index (χ1) is 12.6. The minimum Gasteiger partial charge on any atom is -0.452 e. The molecule has 0 aliphatic heterocycles. The van der Waals surface area contributed by atoms with Gasteiger partial charge in [0.1, 0.15) is 0 Å². The molecule has 144 valence electrons. The van der Waals surface area contributed by atoms with Gasteiger partial charge in [-0.15, -0.1) is 0 Å². The van der Waals surface area contributed by atoms with E-state index >= 15 is 0 Å². The van der Waals surface area contributed by atoms with Crippen LogP contribution in [-0.2, 0) is 19.6 Å². The maximum absolute atomic E-state index is 12.2. The molecule has 1 N–H and O–H groups in total. The second-order valence-corrected chi connectivity index (χ2v) is 8.50. The van der Waals surface area contributed by atoms with Gasteiger partial charge in [0, 0.05) is 14.1 Å². The Morgan fingerprint density at radius 1 is 1.07 bits per heavy atom. The van der Waals surface area contributed by atoms with Gasteiger partial charge in [-0.25, -0.2) is 17.5 Å². The van der Waals surface area contributed by atoms with Crippen LogP contribution in [0.5, 0.6) is 0 Å². The Bertz CT molecular complexity index is 977. The molecule has 0 saturated carbocycles. The van der Waals surface area contributed by atoms with E-state index in [1.165, 1.54) is 26.2 Å². The summed E-state index contributed by atoms with van der Waals surface area (Å²) in [5.74, 6) is -1.53. The van der Waals surface area contributed by atoms with E-state index in [-0.39, 0.29) is 15.5 Å². The van der Waals surface area contributed by atoms with Gasteiger partial charge in [0.25, 0.3) is 5.91 Å². The number of carbonyl (C=O) groups excluding carboxylic acids is 2. The zero-order valence-electron chi connectivity index (χ0n) is 14.4. The Morgan fingerprint density at radius 3 is 2.37 bits per heavy atom. The number of ether oxygens (including phenoxy) is 1. The van der Waals surface area contributed by atoms with Crippen LogP contribution in [0.1, 0.15) is 10.4 Å². The van der Waals surface area contributed by atoms with Crippen LogP contribution in [0.2, 0.25) is 10.0 Å². The van der Waals surface area contributed by atoms with Crippen LogP contribution in [0, 0.1) is 0 Å². The second kappa shape index (κ2) is 8.71. The monoisotopic (exact) mass is 430 g/mol. The van der Waals surface area contributed by atoms with Gasteiger partial charge in [0.2, 0.25) is 10.0 Å². The van der Waals surface area contributed by atoms with Crippen molar-refractivity contribution in [1.82, 2.24) is 4.31 Å². The fraction of sp³-hybridized carbons (Fsp3) is 0.176. The molecule has 0 radical (unpaired) electrons. The zero-order valence-corrected chi connectivity index (χ0v) is 16.7. The fourth-order valence-corrected chi connectivity index (χ4v) is 3.30. The van der Waals surface area contributed by atoms with E-state index in [0.717, 1.165) is 10.4 Å². The number of rotatable bonds is 6. The average Bonchev–Trinajstić information content (AvgIpc) is 2.61. The maximum Gasteiger partial charge on any atom is 0.340 e. The lowest BCUT2D eigenvalue weighted by Gasteiger charge is -2.13. The Labute approximate surface area is 166 Å². The number of hydrogen-bond donors (Lipinski definition) is 1. The molecule has 0 atom stereocenters. The number of nitrogens with one attached hydrogen (secondary N) is 1. The summed E-state index contributed by atoms with van der Waals surface area (Å²) in [6.45, 7) is -0.592. The third-order valence-corrected chi connectivity index (χ3v) is 5.89. The molecule has 2 aromatic carbocycles. The zero-order chi connectivity index (χ0) is 20.2. The first-order valence-electron chi connectivity index (χ1n) is 7.56. The Hall–Kier alpha value is -2.13. The number of hydrogen-bond acceptors (Lipinski definition) is 5. The molecule has 2 aromatic rings. The van der Waals surface area contributed by atoms with E-state index in [1.807, 2.05) is 0 Å². The molecule has 7 nitrogen and oxygen atoms in total. The van der Waals surface area contributed by atoms with Gasteiger partial charge in [0.05, 0.1) is 26.2 Å². The minimum atomic E-state index is -3.75. The largest absolute Gasteiger partial charge is 0.452 e. The number of esters is 1. The van der Waals surface area contributed by atoms with Crippen LogP contribution in [0.15, 0.2) is 47.4 Å². The fourth-order valence-electron chi connectivity index (χ4n) is 1.99. The molecular formula is C17H16Cl2N2O5S. The van der Waals surface area contributed by atoms with Crippen LogP contribution < -0.4 is 5.32 Å². The lowest BCUT2D eigenvalue weighted by Crippen LogP contribution is -2.23. The lowest BCUT2D eigenvalue weighted by molar-refractivity contribution is -0.119. The Morgan fingerprint density at radius 2 is 1.74 bits per heavy atom. The number of anilines is 1. The van der Waals surface area contributed by atoms with Crippen LogP contribution >= 0.6 is 23.2 Å². The van der Waals surface area contributed by atoms with E-state index in [0.29, 0.717) is 10.7 Å². The number of sulfonamides is 1. The summed E-state index contributed by atoms with van der Waals surface area (Å²) >= 11 is 11.9. The predicted octanol–water partition coefficient (Wildman–Crippen LogP) is 3.04. The lowest BCUT2D eigenvalue weighted by atomic mass is 10.2. The van der Waals surface area contributed by atoms with Crippen molar-refractivity contribution in [3.05, 3.63) is 58.1 Å². The summed E-state index contributed by atoms with van der Waals surface area (Å²) in [5, 5.41) is 2.84. The molecule has 0 aliphatic carbocycles. The molecule has 0 aliphatic rings. The van der Waals surface area contributed by atoms with Crippen molar-refractivity contribution < 1.29 is 22.7 Å². The standard InChI is InChI=1S/C17H16Cl2N2O5S/c1-21(2)27(24,25)11-7-8-13(18)12(9-11)17(23)26-10-16(22)20-15-6-4-3-5-14(15)19/h3-9H,10H2,1-2H3,(H,20,22). The Kier molecular flexibility index (Phi) is 6.83. The quantitative estimate of drug-likeness (QED) is 0.710. The highest BCUT2D eigenvalue weighted by Crippen LogP contribution is 2.23. The minimum absolute atomic E-state index is 0.00391. The molecule has 0 spiro atoms. The predicted molar refractivity (Wildman–Crippen MR) is 103 cm³/mol. The van der Waals surface area contributed by atoms with Crippen molar-refractivity contribution in [2.75, 3.05) is 26.0 Å². The normalized spacial score (nSPS) is 11.3. The van der Waals surface area contributed by atoms with E-state index in [2.05, 4.69) is 5.32 Å². The van der Waals surface area contributed by atoms with E-state index in [9.17, 15) is 18.0 Å². The molecule has 2 rings (SSSR count). The molecule has 0 fully saturated rings. The van der Waals surface area contributed by atoms with E-state index in [1.54, 1.807) is 24.3 Å². The van der Waals surface area contributed by atoms with Crippen molar-refractivity contribution in [2.24, 2.45) is 0 Å².